The third-order valence-corrected chi connectivity index (χ3v) is 3.48. The number of benzene rings is 1. The van der Waals surface area contributed by atoms with Crippen molar-refractivity contribution in [2.24, 2.45) is 5.92 Å². The first kappa shape index (κ1) is 14.6. The highest BCUT2D eigenvalue weighted by molar-refractivity contribution is 5.43. The molecule has 1 nitrogen and oxygen atoms in total. The first-order chi connectivity index (χ1) is 8.51. The fourth-order valence-corrected chi connectivity index (χ4v) is 2.24. The molecular formula is C17H24O. The van der Waals surface area contributed by atoms with Gasteiger partial charge in [0.1, 0.15) is 5.75 Å². The molecule has 0 spiro atoms. The molecule has 0 fully saturated rings. The van der Waals surface area contributed by atoms with Gasteiger partial charge >= 0.3 is 0 Å². The molecule has 1 rings (SSSR count). The molecule has 0 aliphatic carbocycles. The van der Waals surface area contributed by atoms with Crippen molar-refractivity contribution in [3.05, 3.63) is 28.8 Å². The Hall–Kier alpha value is -1.42. The smallest absolute Gasteiger partial charge is 0.122 e. The lowest BCUT2D eigenvalue weighted by Crippen LogP contribution is -2.07. The molecule has 18 heavy (non-hydrogen) atoms. The van der Waals surface area contributed by atoms with Gasteiger partial charge in [-0.15, -0.1) is 5.92 Å². The fourth-order valence-electron chi connectivity index (χ4n) is 2.24. The van der Waals surface area contributed by atoms with E-state index in [1.54, 1.807) is 0 Å². The summed E-state index contributed by atoms with van der Waals surface area (Å²) in [6, 6.07) is 4.40. The van der Waals surface area contributed by atoms with Crippen LogP contribution in [-0.4, -0.2) is 6.61 Å². The highest BCUT2D eigenvalue weighted by atomic mass is 16.5. The van der Waals surface area contributed by atoms with Crippen LogP contribution in [0.3, 0.4) is 0 Å². The van der Waals surface area contributed by atoms with Crippen molar-refractivity contribution in [2.45, 2.75) is 47.5 Å². The van der Waals surface area contributed by atoms with E-state index in [1.807, 2.05) is 13.8 Å². The Morgan fingerprint density at radius 3 is 2.39 bits per heavy atom. The van der Waals surface area contributed by atoms with Crippen LogP contribution in [0, 0.1) is 31.6 Å². The van der Waals surface area contributed by atoms with Crippen molar-refractivity contribution in [2.75, 3.05) is 6.61 Å². The lowest BCUT2D eigenvalue weighted by molar-refractivity contribution is 0.337. The molecule has 0 radical (unpaired) electrons. The summed E-state index contributed by atoms with van der Waals surface area (Å²) in [5.41, 5.74) is 3.88. The first-order valence-electron chi connectivity index (χ1n) is 6.67. The van der Waals surface area contributed by atoms with E-state index >= 15 is 0 Å². The first-order valence-corrected chi connectivity index (χ1v) is 6.67. The summed E-state index contributed by atoms with van der Waals surface area (Å²) >= 11 is 0. The van der Waals surface area contributed by atoms with Crippen molar-refractivity contribution in [3.63, 3.8) is 0 Å². The van der Waals surface area contributed by atoms with E-state index in [1.165, 1.54) is 16.7 Å². The van der Waals surface area contributed by atoms with Gasteiger partial charge in [-0.3, -0.25) is 0 Å². The van der Waals surface area contributed by atoms with E-state index in [9.17, 15) is 0 Å². The monoisotopic (exact) mass is 244 g/mol. The van der Waals surface area contributed by atoms with Crippen LogP contribution in [0.4, 0.5) is 0 Å². The van der Waals surface area contributed by atoms with Crippen LogP contribution < -0.4 is 4.74 Å². The Morgan fingerprint density at radius 1 is 1.17 bits per heavy atom. The molecule has 0 N–H and O–H groups in total. The van der Waals surface area contributed by atoms with Gasteiger partial charge in [0.25, 0.3) is 0 Å². The Labute approximate surface area is 112 Å². The molecule has 0 aliphatic heterocycles. The topological polar surface area (TPSA) is 9.23 Å². The Morgan fingerprint density at radius 2 is 1.83 bits per heavy atom. The average molecular weight is 244 g/mol. The molecule has 2 atom stereocenters. The Balaban J connectivity index is 3.09. The van der Waals surface area contributed by atoms with Crippen molar-refractivity contribution >= 4 is 0 Å². The summed E-state index contributed by atoms with van der Waals surface area (Å²) in [6.07, 6.45) is 0. The van der Waals surface area contributed by atoms with Crippen molar-refractivity contribution in [1.82, 2.24) is 0 Å². The summed E-state index contributed by atoms with van der Waals surface area (Å²) in [5, 5.41) is 0. The number of ether oxygens (including phenoxy) is 1. The summed E-state index contributed by atoms with van der Waals surface area (Å²) in [7, 11) is 0. The molecule has 0 saturated heterocycles. The minimum atomic E-state index is 0.381. The van der Waals surface area contributed by atoms with E-state index in [0.717, 1.165) is 5.75 Å². The normalized spacial score (nSPS) is 13.4. The Kier molecular flexibility index (Phi) is 5.28. The molecule has 0 aromatic heterocycles. The third kappa shape index (κ3) is 3.29. The molecule has 0 saturated carbocycles. The predicted molar refractivity (Wildman–Crippen MR) is 78.1 cm³/mol. The summed E-state index contributed by atoms with van der Waals surface area (Å²) in [6.45, 7) is 13.3. The second-order valence-electron chi connectivity index (χ2n) is 4.88. The van der Waals surface area contributed by atoms with Gasteiger partial charge in [0.15, 0.2) is 0 Å². The zero-order chi connectivity index (χ0) is 13.7. The van der Waals surface area contributed by atoms with E-state index in [-0.39, 0.29) is 0 Å². The second kappa shape index (κ2) is 6.50. The molecule has 0 aliphatic rings. The highest BCUT2D eigenvalue weighted by Crippen LogP contribution is 2.31. The lowest BCUT2D eigenvalue weighted by Gasteiger charge is -2.20. The van der Waals surface area contributed by atoms with E-state index in [2.05, 4.69) is 51.7 Å². The highest BCUT2D eigenvalue weighted by Gasteiger charge is 2.16. The molecule has 98 valence electrons. The van der Waals surface area contributed by atoms with Crippen molar-refractivity contribution in [1.29, 1.82) is 0 Å². The van der Waals surface area contributed by atoms with Crippen LogP contribution in [0.1, 0.15) is 50.3 Å². The zero-order valence-electron chi connectivity index (χ0n) is 12.4. The average Bonchev–Trinajstić information content (AvgIpc) is 2.33. The van der Waals surface area contributed by atoms with E-state index in [0.29, 0.717) is 18.4 Å². The van der Waals surface area contributed by atoms with Crippen LogP contribution in [0.25, 0.3) is 0 Å². The molecule has 1 heteroatoms. The summed E-state index contributed by atoms with van der Waals surface area (Å²) in [4.78, 5) is 0. The fraction of sp³-hybridized carbons (Fsp3) is 0.529. The van der Waals surface area contributed by atoms with Gasteiger partial charge in [-0.1, -0.05) is 25.8 Å². The maximum Gasteiger partial charge on any atom is 0.122 e. The largest absolute Gasteiger partial charge is 0.494 e. The van der Waals surface area contributed by atoms with Gasteiger partial charge in [-0.2, -0.15) is 0 Å². The molecule has 1 aromatic carbocycles. The molecule has 0 heterocycles. The quantitative estimate of drug-likeness (QED) is 0.710. The van der Waals surface area contributed by atoms with Crippen LogP contribution >= 0.6 is 0 Å². The molecule has 0 amide bonds. The summed E-state index contributed by atoms with van der Waals surface area (Å²) < 4.78 is 5.63. The molecular weight excluding hydrogens is 220 g/mol. The molecule has 0 bridgehead atoms. The minimum absolute atomic E-state index is 0.381. The summed E-state index contributed by atoms with van der Waals surface area (Å²) in [5.74, 6) is 8.09. The van der Waals surface area contributed by atoms with Crippen LogP contribution in [-0.2, 0) is 0 Å². The molecule has 1 aromatic rings. The van der Waals surface area contributed by atoms with Gasteiger partial charge in [-0.05, 0) is 56.4 Å². The standard InChI is InChI=1S/C17H24O/c1-7-9-12(3)15(6)16-10-14(5)17(18-8-2)11-13(16)4/h10-12,15H,8H2,1-6H3. The predicted octanol–water partition coefficient (Wildman–Crippen LogP) is 4.47. The minimum Gasteiger partial charge on any atom is -0.494 e. The van der Waals surface area contributed by atoms with Crippen LogP contribution in [0.5, 0.6) is 5.75 Å². The third-order valence-electron chi connectivity index (χ3n) is 3.48. The number of hydrogen-bond donors (Lipinski definition) is 0. The van der Waals surface area contributed by atoms with Crippen molar-refractivity contribution < 1.29 is 4.74 Å². The molecule has 2 unspecified atom stereocenters. The number of rotatable bonds is 4. The second-order valence-corrected chi connectivity index (χ2v) is 4.88. The number of hydrogen-bond acceptors (Lipinski definition) is 1. The van der Waals surface area contributed by atoms with Crippen molar-refractivity contribution in [3.8, 4) is 17.6 Å². The van der Waals surface area contributed by atoms with Gasteiger partial charge < -0.3 is 4.74 Å². The van der Waals surface area contributed by atoms with E-state index < -0.39 is 0 Å². The van der Waals surface area contributed by atoms with Gasteiger partial charge in [-0.25, -0.2) is 0 Å². The van der Waals surface area contributed by atoms with E-state index in [4.69, 9.17) is 4.74 Å². The Bertz CT molecular complexity index is 462. The lowest BCUT2D eigenvalue weighted by atomic mass is 9.86. The zero-order valence-corrected chi connectivity index (χ0v) is 12.4. The van der Waals surface area contributed by atoms with Gasteiger partial charge in [0, 0.05) is 5.92 Å². The SMILES string of the molecule is CC#CC(C)C(C)c1cc(C)c(OCC)cc1C. The van der Waals surface area contributed by atoms with Gasteiger partial charge in [0.2, 0.25) is 0 Å². The maximum atomic E-state index is 5.63. The van der Waals surface area contributed by atoms with Gasteiger partial charge in [0.05, 0.1) is 6.61 Å². The maximum absolute atomic E-state index is 5.63. The van der Waals surface area contributed by atoms with Crippen LogP contribution in [0.2, 0.25) is 0 Å². The van der Waals surface area contributed by atoms with Crippen LogP contribution in [0.15, 0.2) is 12.1 Å². The number of aryl methyl sites for hydroxylation is 2.